The standard InChI is InChI=1S/C17H21F3N4O2/c1-9-2-4-23(9)16-21-14(17(18,19)20)12-3-5-24(15(12)22-16)11-6-10(7-11)8-13(25)26/h9-11H,2-8H2,1H3,(H,25,26). The first-order chi connectivity index (χ1) is 12.2. The van der Waals surface area contributed by atoms with E-state index >= 15 is 0 Å². The van der Waals surface area contributed by atoms with E-state index in [-0.39, 0.29) is 42.4 Å². The Morgan fingerprint density at radius 1 is 1.23 bits per heavy atom. The molecule has 1 aromatic heterocycles. The van der Waals surface area contributed by atoms with Crippen LogP contribution in [-0.4, -0.2) is 46.2 Å². The number of aliphatic carboxylic acids is 1. The van der Waals surface area contributed by atoms with Crippen LogP contribution in [0.5, 0.6) is 0 Å². The zero-order valence-corrected chi connectivity index (χ0v) is 14.5. The predicted octanol–water partition coefficient (Wildman–Crippen LogP) is 2.71. The molecule has 1 saturated heterocycles. The van der Waals surface area contributed by atoms with E-state index in [1.165, 1.54) is 0 Å². The van der Waals surface area contributed by atoms with Crippen LogP contribution in [0.1, 0.15) is 43.9 Å². The molecule has 3 aliphatic rings. The average molecular weight is 370 g/mol. The summed E-state index contributed by atoms with van der Waals surface area (Å²) in [6, 6.07) is 0.214. The highest BCUT2D eigenvalue weighted by molar-refractivity contribution is 5.67. The van der Waals surface area contributed by atoms with Crippen molar-refractivity contribution in [2.45, 2.75) is 57.3 Å². The van der Waals surface area contributed by atoms with Gasteiger partial charge in [0.15, 0.2) is 5.69 Å². The number of rotatable bonds is 4. The van der Waals surface area contributed by atoms with E-state index in [9.17, 15) is 18.0 Å². The molecule has 6 nitrogen and oxygen atoms in total. The molecule has 1 aliphatic carbocycles. The molecular weight excluding hydrogens is 349 g/mol. The Balaban J connectivity index is 1.63. The quantitative estimate of drug-likeness (QED) is 0.879. The second-order valence-corrected chi connectivity index (χ2v) is 7.54. The van der Waals surface area contributed by atoms with Gasteiger partial charge in [-0.3, -0.25) is 4.79 Å². The number of aromatic nitrogens is 2. The molecule has 2 fully saturated rings. The van der Waals surface area contributed by atoms with Gasteiger partial charge in [-0.1, -0.05) is 0 Å². The minimum Gasteiger partial charge on any atom is -0.481 e. The minimum absolute atomic E-state index is 0.0678. The van der Waals surface area contributed by atoms with Crippen molar-refractivity contribution in [1.82, 2.24) is 9.97 Å². The lowest BCUT2D eigenvalue weighted by Gasteiger charge is -2.42. The highest BCUT2D eigenvalue weighted by Gasteiger charge is 2.44. The van der Waals surface area contributed by atoms with Gasteiger partial charge in [-0.15, -0.1) is 0 Å². The van der Waals surface area contributed by atoms with Crippen LogP contribution in [0.4, 0.5) is 24.9 Å². The summed E-state index contributed by atoms with van der Waals surface area (Å²) in [5.74, 6) is -0.185. The minimum atomic E-state index is -4.50. The molecule has 142 valence electrons. The van der Waals surface area contributed by atoms with Crippen LogP contribution in [0.25, 0.3) is 0 Å². The number of hydrogen-bond donors (Lipinski definition) is 1. The van der Waals surface area contributed by atoms with Crippen LogP contribution in [0, 0.1) is 5.92 Å². The van der Waals surface area contributed by atoms with E-state index in [4.69, 9.17) is 5.11 Å². The van der Waals surface area contributed by atoms with Crippen LogP contribution >= 0.6 is 0 Å². The highest BCUT2D eigenvalue weighted by atomic mass is 19.4. The summed E-state index contributed by atoms with van der Waals surface area (Å²) in [6.45, 7) is 3.10. The van der Waals surface area contributed by atoms with Crippen molar-refractivity contribution in [2.75, 3.05) is 22.9 Å². The average Bonchev–Trinajstić information content (AvgIpc) is 2.90. The van der Waals surface area contributed by atoms with E-state index in [1.54, 1.807) is 4.90 Å². The van der Waals surface area contributed by atoms with Crippen molar-refractivity contribution in [1.29, 1.82) is 0 Å². The summed E-state index contributed by atoms with van der Waals surface area (Å²) >= 11 is 0. The van der Waals surface area contributed by atoms with E-state index in [0.717, 1.165) is 6.42 Å². The normalized spacial score (nSPS) is 27.8. The summed E-state index contributed by atoms with van der Waals surface area (Å²) in [4.78, 5) is 22.9. The lowest BCUT2D eigenvalue weighted by Crippen LogP contribution is -2.47. The molecule has 1 saturated carbocycles. The van der Waals surface area contributed by atoms with Crippen LogP contribution in [0.3, 0.4) is 0 Å². The molecule has 0 radical (unpaired) electrons. The highest BCUT2D eigenvalue weighted by Crippen LogP contribution is 2.44. The lowest BCUT2D eigenvalue weighted by atomic mass is 9.77. The molecule has 0 aromatic carbocycles. The number of hydrogen-bond acceptors (Lipinski definition) is 5. The zero-order chi connectivity index (χ0) is 18.6. The maximum absolute atomic E-state index is 13.5. The van der Waals surface area contributed by atoms with E-state index in [0.29, 0.717) is 31.7 Å². The Hall–Kier alpha value is -2.06. The predicted molar refractivity (Wildman–Crippen MR) is 88.3 cm³/mol. The number of fused-ring (bicyclic) bond motifs is 1. The first-order valence-electron chi connectivity index (χ1n) is 8.97. The summed E-state index contributed by atoms with van der Waals surface area (Å²) in [5, 5.41) is 8.88. The molecular formula is C17H21F3N4O2. The number of halogens is 3. The smallest absolute Gasteiger partial charge is 0.433 e. The summed E-state index contributed by atoms with van der Waals surface area (Å²) in [5.41, 5.74) is -0.642. The second kappa shape index (κ2) is 5.99. The van der Waals surface area contributed by atoms with Crippen molar-refractivity contribution in [3.8, 4) is 0 Å². The van der Waals surface area contributed by atoms with Crippen molar-refractivity contribution < 1.29 is 23.1 Å². The molecule has 0 bridgehead atoms. The van der Waals surface area contributed by atoms with Gasteiger partial charge in [0, 0.05) is 37.2 Å². The van der Waals surface area contributed by atoms with Gasteiger partial charge >= 0.3 is 12.1 Å². The van der Waals surface area contributed by atoms with Crippen LogP contribution < -0.4 is 9.80 Å². The Labute approximate surface area is 149 Å². The fourth-order valence-electron chi connectivity index (χ4n) is 4.17. The van der Waals surface area contributed by atoms with Crippen molar-refractivity contribution in [3.63, 3.8) is 0 Å². The summed E-state index contributed by atoms with van der Waals surface area (Å²) in [7, 11) is 0. The maximum atomic E-state index is 13.5. The van der Waals surface area contributed by atoms with Crippen molar-refractivity contribution >= 4 is 17.7 Å². The number of carbonyl (C=O) groups is 1. The number of nitrogens with zero attached hydrogens (tertiary/aromatic N) is 4. The lowest BCUT2D eigenvalue weighted by molar-refractivity contribution is -0.142. The Morgan fingerprint density at radius 3 is 2.50 bits per heavy atom. The molecule has 9 heteroatoms. The van der Waals surface area contributed by atoms with E-state index in [1.807, 2.05) is 11.8 Å². The number of carboxylic acids is 1. The Morgan fingerprint density at radius 2 is 1.96 bits per heavy atom. The van der Waals surface area contributed by atoms with Gasteiger partial charge in [-0.2, -0.15) is 18.2 Å². The number of alkyl halides is 3. The van der Waals surface area contributed by atoms with E-state index in [2.05, 4.69) is 9.97 Å². The molecule has 0 amide bonds. The fourth-order valence-corrected chi connectivity index (χ4v) is 4.17. The van der Waals surface area contributed by atoms with Crippen molar-refractivity contribution in [2.24, 2.45) is 5.92 Å². The van der Waals surface area contributed by atoms with Gasteiger partial charge in [-0.25, -0.2) is 4.98 Å². The Kier molecular flexibility index (Phi) is 4.00. The monoisotopic (exact) mass is 370 g/mol. The van der Waals surface area contributed by atoms with Crippen LogP contribution in [0.15, 0.2) is 0 Å². The molecule has 1 atom stereocenters. The van der Waals surface area contributed by atoms with Gasteiger partial charge < -0.3 is 14.9 Å². The third kappa shape index (κ3) is 2.87. The Bertz CT molecular complexity index is 733. The largest absolute Gasteiger partial charge is 0.481 e. The molecule has 0 spiro atoms. The topological polar surface area (TPSA) is 69.6 Å². The van der Waals surface area contributed by atoms with Gasteiger partial charge in [0.1, 0.15) is 5.82 Å². The summed E-state index contributed by atoms with van der Waals surface area (Å²) in [6.07, 6.45) is -1.81. The molecule has 3 heterocycles. The SMILES string of the molecule is CC1CCN1c1nc2c(c(C(F)(F)F)n1)CCN2C1CC(CC(=O)O)C1. The number of anilines is 2. The van der Waals surface area contributed by atoms with Crippen LogP contribution in [0.2, 0.25) is 0 Å². The molecule has 4 rings (SSSR count). The van der Waals surface area contributed by atoms with Gasteiger partial charge in [-0.05, 0) is 38.5 Å². The maximum Gasteiger partial charge on any atom is 0.433 e. The van der Waals surface area contributed by atoms with Gasteiger partial charge in [0.05, 0.1) is 0 Å². The fraction of sp³-hybridized carbons (Fsp3) is 0.706. The van der Waals surface area contributed by atoms with E-state index < -0.39 is 17.8 Å². The molecule has 1 aromatic rings. The third-order valence-electron chi connectivity index (χ3n) is 5.81. The first-order valence-corrected chi connectivity index (χ1v) is 8.97. The van der Waals surface area contributed by atoms with Gasteiger partial charge in [0.25, 0.3) is 0 Å². The second-order valence-electron chi connectivity index (χ2n) is 7.54. The van der Waals surface area contributed by atoms with Gasteiger partial charge in [0.2, 0.25) is 5.95 Å². The van der Waals surface area contributed by atoms with Crippen LogP contribution in [-0.2, 0) is 17.4 Å². The zero-order valence-electron chi connectivity index (χ0n) is 14.5. The summed E-state index contributed by atoms with van der Waals surface area (Å²) < 4.78 is 40.6. The molecule has 1 unspecified atom stereocenters. The van der Waals surface area contributed by atoms with Crippen molar-refractivity contribution in [3.05, 3.63) is 11.3 Å². The first kappa shape index (κ1) is 17.4. The third-order valence-corrected chi connectivity index (χ3v) is 5.81. The molecule has 1 N–H and O–H groups in total. The molecule has 26 heavy (non-hydrogen) atoms. The molecule has 2 aliphatic heterocycles. The number of carboxylic acid groups (broad SMARTS) is 1.